The van der Waals surface area contributed by atoms with Crippen LogP contribution in [0.4, 0.5) is 5.69 Å². The maximum absolute atomic E-state index is 13.9. The molecule has 2 atom stereocenters. The van der Waals surface area contributed by atoms with Crippen LogP contribution >= 0.6 is 0 Å². The maximum Gasteiger partial charge on any atom is 0.269 e. The van der Waals surface area contributed by atoms with E-state index in [4.69, 9.17) is 9.47 Å². The lowest BCUT2D eigenvalue weighted by molar-refractivity contribution is -0.384. The Kier molecular flexibility index (Phi) is 6.37. The molecule has 0 unspecified atom stereocenters. The molecule has 204 valence electrons. The zero-order valence-corrected chi connectivity index (χ0v) is 22.1. The average Bonchev–Trinajstić information content (AvgIpc) is 3.35. The minimum Gasteiger partial charge on any atom is -0.493 e. The van der Waals surface area contributed by atoms with E-state index in [1.54, 1.807) is 36.2 Å². The lowest BCUT2D eigenvalue weighted by Crippen LogP contribution is -2.63. The van der Waals surface area contributed by atoms with Gasteiger partial charge in [0.25, 0.3) is 5.69 Å². The van der Waals surface area contributed by atoms with Crippen molar-refractivity contribution in [2.75, 3.05) is 27.3 Å². The van der Waals surface area contributed by atoms with E-state index in [0.717, 1.165) is 27.7 Å². The van der Waals surface area contributed by atoms with Crippen molar-refractivity contribution in [1.29, 1.82) is 0 Å². The van der Waals surface area contributed by atoms with Crippen LogP contribution in [-0.2, 0) is 22.4 Å². The minimum absolute atomic E-state index is 0.0321. The number of nitrogens with zero attached hydrogens (tertiary/aromatic N) is 3. The smallest absolute Gasteiger partial charge is 0.269 e. The van der Waals surface area contributed by atoms with Gasteiger partial charge in [-0.2, -0.15) is 0 Å². The van der Waals surface area contributed by atoms with Gasteiger partial charge in [-0.3, -0.25) is 19.7 Å². The summed E-state index contributed by atoms with van der Waals surface area (Å²) in [6, 6.07) is 18.5. The molecule has 1 aromatic heterocycles. The molecule has 0 saturated carbocycles. The van der Waals surface area contributed by atoms with E-state index in [-0.39, 0.29) is 24.0 Å². The Hall–Kier alpha value is -4.86. The molecule has 1 N–H and O–H groups in total. The molecule has 0 radical (unpaired) electrons. The fourth-order valence-electron chi connectivity index (χ4n) is 5.94. The fraction of sp³-hybridized carbons (Fsp3) is 0.267. The van der Waals surface area contributed by atoms with E-state index in [9.17, 15) is 19.7 Å². The number of amides is 2. The van der Waals surface area contributed by atoms with Gasteiger partial charge >= 0.3 is 0 Å². The van der Waals surface area contributed by atoms with Crippen LogP contribution in [0.15, 0.2) is 66.7 Å². The number of aromatic amines is 1. The molecule has 4 aromatic rings. The van der Waals surface area contributed by atoms with Crippen molar-refractivity contribution >= 4 is 28.4 Å². The fourth-order valence-corrected chi connectivity index (χ4v) is 5.94. The Morgan fingerprint density at radius 3 is 2.48 bits per heavy atom. The average molecular weight is 541 g/mol. The van der Waals surface area contributed by atoms with Gasteiger partial charge in [-0.05, 0) is 53.4 Å². The number of rotatable bonds is 7. The Morgan fingerprint density at radius 2 is 1.75 bits per heavy atom. The molecule has 2 aliphatic rings. The van der Waals surface area contributed by atoms with Gasteiger partial charge < -0.3 is 24.3 Å². The first-order chi connectivity index (χ1) is 19.4. The number of carbonyl (C=O) groups excluding carboxylic acids is 2. The van der Waals surface area contributed by atoms with Crippen LogP contribution in [0, 0.1) is 10.1 Å². The number of piperazine rings is 1. The first kappa shape index (κ1) is 25.4. The Labute approximate surface area is 230 Å². The van der Waals surface area contributed by atoms with Crippen LogP contribution < -0.4 is 9.47 Å². The molecule has 6 rings (SSSR count). The predicted molar refractivity (Wildman–Crippen MR) is 147 cm³/mol. The highest BCUT2D eigenvalue weighted by atomic mass is 16.6. The summed E-state index contributed by atoms with van der Waals surface area (Å²) >= 11 is 0. The number of fused-ring (bicyclic) bond motifs is 4. The molecule has 10 nitrogen and oxygen atoms in total. The Morgan fingerprint density at radius 1 is 1.00 bits per heavy atom. The first-order valence-electron chi connectivity index (χ1n) is 13.0. The highest BCUT2D eigenvalue weighted by Gasteiger charge is 2.48. The maximum atomic E-state index is 13.9. The number of non-ortho nitro benzene ring substituents is 1. The monoisotopic (exact) mass is 540 g/mol. The van der Waals surface area contributed by atoms with Crippen LogP contribution in [0.5, 0.6) is 11.5 Å². The molecule has 3 heterocycles. The largest absolute Gasteiger partial charge is 0.493 e. The number of nitro groups is 1. The second kappa shape index (κ2) is 10.0. The molecule has 2 amide bonds. The summed E-state index contributed by atoms with van der Waals surface area (Å²) in [6.45, 7) is 0.342. The van der Waals surface area contributed by atoms with E-state index in [1.807, 2.05) is 42.5 Å². The standard InChI is InChI=1S/C30H28N4O6/c1-39-25-12-7-18(15-26(25)40-2)13-14-32-17-27(35)33-24(30(32)36)16-22-21-5-3-4-6-23(21)31-28(22)29(33)19-8-10-20(11-9-19)34(37)38/h3-12,15,24,29,31H,13-14,16-17H2,1-2H3/t24-,29+/m1/s1. The summed E-state index contributed by atoms with van der Waals surface area (Å²) in [5.74, 6) is 0.963. The SMILES string of the molecule is COc1ccc(CCN2CC(=O)N3[C@@H](c4ccc([N+](=O)[O-])cc4)c4[nH]c5ccccc5c4C[C@@H]3C2=O)cc1OC. The summed E-state index contributed by atoms with van der Waals surface area (Å²) < 4.78 is 10.7. The van der Waals surface area contributed by atoms with Crippen molar-refractivity contribution in [3.05, 3.63) is 99.2 Å². The van der Waals surface area contributed by atoms with Gasteiger partial charge in [0.2, 0.25) is 11.8 Å². The van der Waals surface area contributed by atoms with Crippen LogP contribution in [-0.4, -0.2) is 64.9 Å². The number of ether oxygens (including phenoxy) is 2. The van der Waals surface area contributed by atoms with Gasteiger partial charge in [0.15, 0.2) is 11.5 Å². The normalized spacial score (nSPS) is 18.4. The van der Waals surface area contributed by atoms with E-state index in [2.05, 4.69) is 4.98 Å². The number of benzene rings is 3. The first-order valence-corrected chi connectivity index (χ1v) is 13.0. The van der Waals surface area contributed by atoms with Crippen LogP contribution in [0.25, 0.3) is 10.9 Å². The summed E-state index contributed by atoms with van der Waals surface area (Å²) in [7, 11) is 3.15. The molecule has 0 aliphatic carbocycles. The second-order valence-electron chi connectivity index (χ2n) is 10.0. The number of aromatic nitrogens is 1. The topological polar surface area (TPSA) is 118 Å². The number of hydrogen-bond acceptors (Lipinski definition) is 6. The molecule has 1 saturated heterocycles. The molecule has 0 bridgehead atoms. The summed E-state index contributed by atoms with van der Waals surface area (Å²) in [5, 5.41) is 12.3. The molecule has 3 aromatic carbocycles. The minimum atomic E-state index is -0.682. The summed E-state index contributed by atoms with van der Waals surface area (Å²) in [4.78, 5) is 45.2. The number of carbonyl (C=O) groups is 2. The van der Waals surface area contributed by atoms with E-state index in [0.29, 0.717) is 36.4 Å². The van der Waals surface area contributed by atoms with E-state index in [1.165, 1.54) is 12.1 Å². The van der Waals surface area contributed by atoms with Gasteiger partial charge in [0.1, 0.15) is 6.04 Å². The highest BCUT2D eigenvalue weighted by Crippen LogP contribution is 2.42. The van der Waals surface area contributed by atoms with Crippen molar-refractivity contribution in [1.82, 2.24) is 14.8 Å². The lowest BCUT2D eigenvalue weighted by Gasteiger charge is -2.47. The summed E-state index contributed by atoms with van der Waals surface area (Å²) in [6.07, 6.45) is 0.941. The van der Waals surface area contributed by atoms with Crippen molar-refractivity contribution in [3.8, 4) is 11.5 Å². The van der Waals surface area contributed by atoms with Gasteiger partial charge in [-0.25, -0.2) is 0 Å². The molecule has 0 spiro atoms. The second-order valence-corrected chi connectivity index (χ2v) is 10.0. The molecule has 10 heteroatoms. The Bertz CT molecular complexity index is 1630. The van der Waals surface area contributed by atoms with Gasteiger partial charge in [-0.15, -0.1) is 0 Å². The van der Waals surface area contributed by atoms with Crippen LogP contribution in [0.2, 0.25) is 0 Å². The van der Waals surface area contributed by atoms with E-state index >= 15 is 0 Å². The summed E-state index contributed by atoms with van der Waals surface area (Å²) in [5.41, 5.74) is 4.39. The molecule has 2 aliphatic heterocycles. The Balaban J connectivity index is 1.34. The molecule has 40 heavy (non-hydrogen) atoms. The molecular formula is C30H28N4O6. The van der Waals surface area contributed by atoms with E-state index < -0.39 is 17.0 Å². The molecule has 1 fully saturated rings. The lowest BCUT2D eigenvalue weighted by atomic mass is 9.86. The van der Waals surface area contributed by atoms with Crippen molar-refractivity contribution in [3.63, 3.8) is 0 Å². The zero-order valence-electron chi connectivity index (χ0n) is 22.1. The van der Waals surface area contributed by atoms with Crippen molar-refractivity contribution in [2.45, 2.75) is 24.9 Å². The predicted octanol–water partition coefficient (Wildman–Crippen LogP) is 4.02. The number of hydrogen-bond donors (Lipinski definition) is 1. The third kappa shape index (κ3) is 4.21. The quantitative estimate of drug-likeness (QED) is 0.280. The zero-order chi connectivity index (χ0) is 28.0. The van der Waals surface area contributed by atoms with Crippen LogP contribution in [0.1, 0.15) is 28.4 Å². The van der Waals surface area contributed by atoms with Crippen molar-refractivity contribution < 1.29 is 24.0 Å². The third-order valence-corrected chi connectivity index (χ3v) is 7.88. The van der Waals surface area contributed by atoms with Crippen LogP contribution in [0.3, 0.4) is 0 Å². The van der Waals surface area contributed by atoms with Crippen molar-refractivity contribution in [2.24, 2.45) is 0 Å². The molecular weight excluding hydrogens is 512 g/mol. The number of para-hydroxylation sites is 1. The van der Waals surface area contributed by atoms with Gasteiger partial charge in [0, 0.05) is 41.7 Å². The highest BCUT2D eigenvalue weighted by molar-refractivity contribution is 5.97. The van der Waals surface area contributed by atoms with Gasteiger partial charge in [0.05, 0.1) is 31.7 Å². The number of nitrogens with one attached hydrogen (secondary N) is 1. The number of methoxy groups -OCH3 is 2. The van der Waals surface area contributed by atoms with Gasteiger partial charge in [-0.1, -0.05) is 24.3 Å². The number of H-pyrrole nitrogens is 1. The number of nitro benzene ring substituents is 1. The third-order valence-electron chi connectivity index (χ3n) is 7.88.